The summed E-state index contributed by atoms with van der Waals surface area (Å²) in [5.74, 6) is 1.32. The van der Waals surface area contributed by atoms with Gasteiger partial charge in [0.25, 0.3) is 0 Å². The molecule has 0 aromatic carbocycles. The van der Waals surface area contributed by atoms with Crippen molar-refractivity contribution in [2.24, 2.45) is 0 Å². The normalized spacial score (nSPS) is 10.9. The Bertz CT molecular complexity index is 691. The molecule has 3 aromatic heterocycles. The maximum absolute atomic E-state index is 5.97. The Hall–Kier alpha value is -2.01. The molecule has 0 aliphatic carbocycles. The molecule has 0 atom stereocenters. The van der Waals surface area contributed by atoms with E-state index in [0.717, 1.165) is 21.6 Å². The predicted octanol–water partition coefficient (Wildman–Crippen LogP) is 2.57. The van der Waals surface area contributed by atoms with Crippen LogP contribution in [0.2, 0.25) is 0 Å². The standard InChI is InChI=1S/C13H12N4S/c1-8-6-10-12(14)16-11(17-13(10)18-8)7-9-2-4-15-5-3-9/h2-6H,7H2,1H3,(H2,14,16,17). The molecular formula is C13H12N4S. The summed E-state index contributed by atoms with van der Waals surface area (Å²) in [5, 5.41) is 0.955. The quantitative estimate of drug-likeness (QED) is 0.765. The third-order valence-corrected chi connectivity index (χ3v) is 3.65. The third-order valence-electron chi connectivity index (χ3n) is 2.70. The Labute approximate surface area is 109 Å². The molecule has 0 amide bonds. The summed E-state index contributed by atoms with van der Waals surface area (Å²) in [7, 11) is 0. The second kappa shape index (κ2) is 4.34. The van der Waals surface area contributed by atoms with Crippen molar-refractivity contribution in [1.82, 2.24) is 15.0 Å². The Morgan fingerprint density at radius 1 is 1.22 bits per heavy atom. The maximum Gasteiger partial charge on any atom is 0.136 e. The van der Waals surface area contributed by atoms with Gasteiger partial charge in [-0.25, -0.2) is 9.97 Å². The number of anilines is 1. The molecule has 2 N–H and O–H groups in total. The van der Waals surface area contributed by atoms with Crippen molar-refractivity contribution >= 4 is 27.4 Å². The van der Waals surface area contributed by atoms with E-state index in [1.165, 1.54) is 4.88 Å². The first kappa shape index (κ1) is 11.1. The van der Waals surface area contributed by atoms with Crippen molar-refractivity contribution in [2.45, 2.75) is 13.3 Å². The molecule has 5 heteroatoms. The summed E-state index contributed by atoms with van der Waals surface area (Å²) in [6, 6.07) is 5.96. The number of pyridine rings is 1. The van der Waals surface area contributed by atoms with Gasteiger partial charge >= 0.3 is 0 Å². The SMILES string of the molecule is Cc1cc2c(N)nc(Cc3ccncc3)nc2s1. The molecule has 0 aliphatic rings. The molecule has 0 saturated heterocycles. The molecule has 0 fully saturated rings. The zero-order valence-corrected chi connectivity index (χ0v) is 10.7. The van der Waals surface area contributed by atoms with Gasteiger partial charge in [-0.2, -0.15) is 0 Å². The average molecular weight is 256 g/mol. The van der Waals surface area contributed by atoms with Gasteiger partial charge in [-0.05, 0) is 30.7 Å². The van der Waals surface area contributed by atoms with E-state index < -0.39 is 0 Å². The van der Waals surface area contributed by atoms with E-state index in [1.54, 1.807) is 23.7 Å². The number of aromatic nitrogens is 3. The Morgan fingerprint density at radius 3 is 2.78 bits per heavy atom. The first-order valence-electron chi connectivity index (χ1n) is 5.64. The summed E-state index contributed by atoms with van der Waals surface area (Å²) in [6.07, 6.45) is 4.22. The number of nitrogen functional groups attached to an aromatic ring is 1. The highest BCUT2D eigenvalue weighted by molar-refractivity contribution is 7.18. The van der Waals surface area contributed by atoms with Crippen LogP contribution in [0.4, 0.5) is 5.82 Å². The molecule has 0 radical (unpaired) electrons. The van der Waals surface area contributed by atoms with Gasteiger partial charge in [-0.15, -0.1) is 11.3 Å². The lowest BCUT2D eigenvalue weighted by Crippen LogP contribution is -2.00. The number of hydrogen-bond acceptors (Lipinski definition) is 5. The van der Waals surface area contributed by atoms with Crippen molar-refractivity contribution in [3.8, 4) is 0 Å². The fourth-order valence-electron chi connectivity index (χ4n) is 1.87. The summed E-state index contributed by atoms with van der Waals surface area (Å²) >= 11 is 1.65. The average Bonchev–Trinajstić information content (AvgIpc) is 2.72. The zero-order valence-electron chi connectivity index (χ0n) is 9.92. The third kappa shape index (κ3) is 2.04. The number of thiophene rings is 1. The van der Waals surface area contributed by atoms with Gasteiger partial charge in [0.05, 0.1) is 5.39 Å². The Morgan fingerprint density at radius 2 is 2.00 bits per heavy atom. The zero-order chi connectivity index (χ0) is 12.5. The largest absolute Gasteiger partial charge is 0.383 e. The van der Waals surface area contributed by atoms with Crippen LogP contribution >= 0.6 is 11.3 Å². The van der Waals surface area contributed by atoms with Crippen molar-refractivity contribution in [3.05, 3.63) is 46.9 Å². The maximum atomic E-state index is 5.97. The number of fused-ring (bicyclic) bond motifs is 1. The van der Waals surface area contributed by atoms with Gasteiger partial charge in [0.15, 0.2) is 0 Å². The van der Waals surface area contributed by atoms with E-state index in [9.17, 15) is 0 Å². The highest BCUT2D eigenvalue weighted by Gasteiger charge is 2.08. The van der Waals surface area contributed by atoms with Crippen LogP contribution in [0, 0.1) is 6.92 Å². The highest BCUT2D eigenvalue weighted by Crippen LogP contribution is 2.27. The number of rotatable bonds is 2. The molecule has 3 rings (SSSR count). The molecule has 3 heterocycles. The molecule has 0 spiro atoms. The van der Waals surface area contributed by atoms with Gasteiger partial charge in [-0.1, -0.05) is 0 Å². The van der Waals surface area contributed by atoms with E-state index in [2.05, 4.69) is 15.0 Å². The molecule has 0 aliphatic heterocycles. The predicted molar refractivity (Wildman–Crippen MR) is 73.6 cm³/mol. The van der Waals surface area contributed by atoms with Gasteiger partial charge in [0.2, 0.25) is 0 Å². The fourth-order valence-corrected chi connectivity index (χ4v) is 2.78. The Balaban J connectivity index is 2.02. The summed E-state index contributed by atoms with van der Waals surface area (Å²) in [6.45, 7) is 2.05. The minimum atomic E-state index is 0.563. The van der Waals surface area contributed by atoms with Crippen LogP contribution in [0.5, 0.6) is 0 Å². The summed E-state index contributed by atoms with van der Waals surface area (Å²) in [5.41, 5.74) is 7.10. The molecule has 0 bridgehead atoms. The number of aryl methyl sites for hydroxylation is 1. The van der Waals surface area contributed by atoms with Crippen LogP contribution in [0.3, 0.4) is 0 Å². The van der Waals surface area contributed by atoms with E-state index in [-0.39, 0.29) is 0 Å². The highest BCUT2D eigenvalue weighted by atomic mass is 32.1. The lowest BCUT2D eigenvalue weighted by Gasteiger charge is -2.02. The molecule has 3 aromatic rings. The van der Waals surface area contributed by atoms with Gasteiger partial charge in [0, 0.05) is 23.7 Å². The molecule has 90 valence electrons. The van der Waals surface area contributed by atoms with Crippen molar-refractivity contribution in [1.29, 1.82) is 0 Å². The minimum absolute atomic E-state index is 0.563. The van der Waals surface area contributed by atoms with Crippen LogP contribution in [-0.4, -0.2) is 15.0 Å². The second-order valence-corrected chi connectivity index (χ2v) is 5.37. The molecule has 0 unspecified atom stereocenters. The Kier molecular flexibility index (Phi) is 2.68. The number of hydrogen-bond donors (Lipinski definition) is 1. The smallest absolute Gasteiger partial charge is 0.136 e. The number of nitrogens with zero attached hydrogens (tertiary/aromatic N) is 3. The van der Waals surface area contributed by atoms with Crippen LogP contribution < -0.4 is 5.73 Å². The summed E-state index contributed by atoms with van der Waals surface area (Å²) < 4.78 is 0. The van der Waals surface area contributed by atoms with E-state index >= 15 is 0 Å². The second-order valence-electron chi connectivity index (χ2n) is 4.13. The molecule has 0 saturated carbocycles. The van der Waals surface area contributed by atoms with Gasteiger partial charge in [0.1, 0.15) is 16.5 Å². The lowest BCUT2D eigenvalue weighted by molar-refractivity contribution is 0.997. The van der Waals surface area contributed by atoms with Crippen LogP contribution in [0.1, 0.15) is 16.3 Å². The van der Waals surface area contributed by atoms with Crippen molar-refractivity contribution in [2.75, 3.05) is 5.73 Å². The molecular weight excluding hydrogens is 244 g/mol. The topological polar surface area (TPSA) is 64.7 Å². The van der Waals surface area contributed by atoms with Crippen LogP contribution in [-0.2, 0) is 6.42 Å². The van der Waals surface area contributed by atoms with Crippen LogP contribution in [0.25, 0.3) is 10.2 Å². The van der Waals surface area contributed by atoms with Gasteiger partial charge < -0.3 is 5.73 Å². The first-order chi connectivity index (χ1) is 8.72. The fraction of sp³-hybridized carbons (Fsp3) is 0.154. The number of nitrogens with two attached hydrogens (primary N) is 1. The van der Waals surface area contributed by atoms with Crippen molar-refractivity contribution in [3.63, 3.8) is 0 Å². The van der Waals surface area contributed by atoms with E-state index in [0.29, 0.717) is 12.2 Å². The van der Waals surface area contributed by atoms with E-state index in [1.807, 2.05) is 25.1 Å². The lowest BCUT2D eigenvalue weighted by atomic mass is 10.2. The molecule has 4 nitrogen and oxygen atoms in total. The molecule has 18 heavy (non-hydrogen) atoms. The van der Waals surface area contributed by atoms with E-state index in [4.69, 9.17) is 5.73 Å². The van der Waals surface area contributed by atoms with Crippen molar-refractivity contribution < 1.29 is 0 Å². The monoisotopic (exact) mass is 256 g/mol. The summed E-state index contributed by atoms with van der Waals surface area (Å²) in [4.78, 5) is 15.1. The van der Waals surface area contributed by atoms with Gasteiger partial charge in [-0.3, -0.25) is 4.98 Å². The minimum Gasteiger partial charge on any atom is -0.383 e. The van der Waals surface area contributed by atoms with Crippen LogP contribution in [0.15, 0.2) is 30.6 Å². The first-order valence-corrected chi connectivity index (χ1v) is 6.45.